The van der Waals surface area contributed by atoms with Crippen molar-refractivity contribution < 1.29 is 19.0 Å². The molecule has 0 saturated carbocycles. The molecule has 2 aromatic carbocycles. The molecule has 25 heavy (non-hydrogen) atoms. The summed E-state index contributed by atoms with van der Waals surface area (Å²) in [5.74, 6) is 0.456. The van der Waals surface area contributed by atoms with Crippen LogP contribution in [0, 0.1) is 5.82 Å². The third-order valence-electron chi connectivity index (χ3n) is 4.58. The van der Waals surface area contributed by atoms with Crippen LogP contribution in [0.2, 0.25) is 0 Å². The Bertz CT molecular complexity index is 682. The van der Waals surface area contributed by atoms with E-state index in [1.165, 1.54) is 12.1 Å². The average Bonchev–Trinajstić information content (AvgIpc) is 2.64. The van der Waals surface area contributed by atoms with Gasteiger partial charge in [-0.05, 0) is 48.2 Å². The molecule has 1 aliphatic rings. The molecule has 0 spiro atoms. The number of ether oxygens (including phenoxy) is 2. The predicted octanol–water partition coefficient (Wildman–Crippen LogP) is 3.72. The van der Waals surface area contributed by atoms with Gasteiger partial charge >= 0.3 is 0 Å². The standard InChI is InChI=1S/C20H24FNO3/c1-24-20-12-16(4-7-19(20)23)13-22-10-8-18(9-11-22)25-14-15-2-5-17(21)6-3-15/h2-7,12,18,23H,8-11,13-14H2,1H3. The van der Waals surface area contributed by atoms with E-state index in [-0.39, 0.29) is 17.7 Å². The highest BCUT2D eigenvalue weighted by Gasteiger charge is 2.20. The minimum Gasteiger partial charge on any atom is -0.504 e. The first-order chi connectivity index (χ1) is 12.1. The summed E-state index contributed by atoms with van der Waals surface area (Å²) >= 11 is 0. The molecule has 0 radical (unpaired) electrons. The SMILES string of the molecule is COc1cc(CN2CCC(OCc3ccc(F)cc3)CC2)ccc1O. The average molecular weight is 345 g/mol. The van der Waals surface area contributed by atoms with Gasteiger partial charge in [0.1, 0.15) is 5.82 Å². The molecule has 1 heterocycles. The molecule has 0 aliphatic carbocycles. The second-order valence-corrected chi connectivity index (χ2v) is 6.42. The van der Waals surface area contributed by atoms with Crippen LogP contribution in [0.15, 0.2) is 42.5 Å². The molecular formula is C20H24FNO3. The van der Waals surface area contributed by atoms with Crippen LogP contribution in [0.25, 0.3) is 0 Å². The minimum absolute atomic E-state index is 0.166. The van der Waals surface area contributed by atoms with Gasteiger partial charge in [0.15, 0.2) is 11.5 Å². The van der Waals surface area contributed by atoms with Crippen molar-refractivity contribution in [2.24, 2.45) is 0 Å². The van der Waals surface area contributed by atoms with Crippen LogP contribution in [0.3, 0.4) is 0 Å². The number of rotatable bonds is 6. The first-order valence-electron chi connectivity index (χ1n) is 8.58. The van der Waals surface area contributed by atoms with Crippen LogP contribution in [-0.2, 0) is 17.9 Å². The molecule has 1 N–H and O–H groups in total. The topological polar surface area (TPSA) is 41.9 Å². The van der Waals surface area contributed by atoms with E-state index in [0.717, 1.165) is 43.6 Å². The van der Waals surface area contributed by atoms with E-state index in [9.17, 15) is 9.50 Å². The summed E-state index contributed by atoms with van der Waals surface area (Å²) in [5, 5.41) is 9.67. The maximum Gasteiger partial charge on any atom is 0.160 e. The molecule has 3 rings (SSSR count). The summed E-state index contributed by atoms with van der Waals surface area (Å²) in [6.07, 6.45) is 2.21. The number of aromatic hydroxyl groups is 1. The van der Waals surface area contributed by atoms with Gasteiger partial charge in [-0.15, -0.1) is 0 Å². The van der Waals surface area contributed by atoms with Crippen molar-refractivity contribution >= 4 is 0 Å². The zero-order chi connectivity index (χ0) is 17.6. The molecule has 0 aromatic heterocycles. The number of nitrogens with zero attached hydrogens (tertiary/aromatic N) is 1. The Kier molecular flexibility index (Phi) is 5.89. The van der Waals surface area contributed by atoms with Gasteiger partial charge in [-0.3, -0.25) is 4.90 Å². The Morgan fingerprint density at radius 3 is 2.44 bits per heavy atom. The molecule has 0 atom stereocenters. The molecule has 134 valence electrons. The van der Waals surface area contributed by atoms with Crippen molar-refractivity contribution in [3.63, 3.8) is 0 Å². The number of methoxy groups -OCH3 is 1. The van der Waals surface area contributed by atoms with Gasteiger partial charge < -0.3 is 14.6 Å². The highest BCUT2D eigenvalue weighted by Crippen LogP contribution is 2.27. The lowest BCUT2D eigenvalue weighted by Crippen LogP contribution is -2.36. The quantitative estimate of drug-likeness (QED) is 0.866. The molecule has 0 amide bonds. The Hall–Kier alpha value is -2.11. The maximum atomic E-state index is 12.9. The van der Waals surface area contributed by atoms with Gasteiger partial charge in [0.05, 0.1) is 19.8 Å². The fourth-order valence-electron chi connectivity index (χ4n) is 3.11. The van der Waals surface area contributed by atoms with Crippen molar-refractivity contribution in [2.75, 3.05) is 20.2 Å². The zero-order valence-electron chi connectivity index (χ0n) is 14.5. The third kappa shape index (κ3) is 4.94. The van der Waals surface area contributed by atoms with E-state index < -0.39 is 0 Å². The van der Waals surface area contributed by atoms with Gasteiger partial charge in [-0.25, -0.2) is 4.39 Å². The van der Waals surface area contributed by atoms with Crippen LogP contribution in [0.4, 0.5) is 4.39 Å². The van der Waals surface area contributed by atoms with Gasteiger partial charge in [-0.1, -0.05) is 18.2 Å². The summed E-state index contributed by atoms with van der Waals surface area (Å²) < 4.78 is 24.0. The fourth-order valence-corrected chi connectivity index (χ4v) is 3.11. The molecule has 2 aromatic rings. The number of likely N-dealkylation sites (tertiary alicyclic amines) is 1. The predicted molar refractivity (Wildman–Crippen MR) is 94.1 cm³/mol. The highest BCUT2D eigenvalue weighted by molar-refractivity contribution is 5.41. The maximum absolute atomic E-state index is 12.9. The Morgan fingerprint density at radius 2 is 1.76 bits per heavy atom. The van der Waals surface area contributed by atoms with E-state index in [4.69, 9.17) is 9.47 Å². The van der Waals surface area contributed by atoms with Crippen LogP contribution in [-0.4, -0.2) is 36.3 Å². The Morgan fingerprint density at radius 1 is 1.08 bits per heavy atom. The summed E-state index contributed by atoms with van der Waals surface area (Å²) in [6, 6.07) is 11.9. The lowest BCUT2D eigenvalue weighted by Gasteiger charge is -2.32. The second-order valence-electron chi connectivity index (χ2n) is 6.42. The number of benzene rings is 2. The molecule has 5 heteroatoms. The summed E-state index contributed by atoms with van der Waals surface area (Å²) in [5.41, 5.74) is 2.13. The van der Waals surface area contributed by atoms with Crippen LogP contribution in [0.5, 0.6) is 11.5 Å². The van der Waals surface area contributed by atoms with Crippen LogP contribution in [0.1, 0.15) is 24.0 Å². The van der Waals surface area contributed by atoms with E-state index in [1.807, 2.05) is 12.1 Å². The summed E-state index contributed by atoms with van der Waals surface area (Å²) in [4.78, 5) is 2.38. The van der Waals surface area contributed by atoms with Gasteiger partial charge in [0.2, 0.25) is 0 Å². The Labute approximate surface area is 147 Å². The molecule has 0 unspecified atom stereocenters. The van der Waals surface area contributed by atoms with Crippen LogP contribution >= 0.6 is 0 Å². The van der Waals surface area contributed by atoms with Crippen molar-refractivity contribution in [1.82, 2.24) is 4.90 Å². The summed E-state index contributed by atoms with van der Waals surface area (Å²) in [7, 11) is 1.56. The summed E-state index contributed by atoms with van der Waals surface area (Å²) in [6.45, 7) is 3.30. The molecule has 1 fully saturated rings. The number of phenols is 1. The van der Waals surface area contributed by atoms with Crippen molar-refractivity contribution in [2.45, 2.75) is 32.1 Å². The number of hydrogen-bond acceptors (Lipinski definition) is 4. The van der Waals surface area contributed by atoms with Gasteiger partial charge in [0, 0.05) is 19.6 Å². The lowest BCUT2D eigenvalue weighted by atomic mass is 10.1. The molecule has 1 saturated heterocycles. The van der Waals surface area contributed by atoms with Gasteiger partial charge in [-0.2, -0.15) is 0 Å². The molecule has 0 bridgehead atoms. The highest BCUT2D eigenvalue weighted by atomic mass is 19.1. The number of piperidine rings is 1. The van der Waals surface area contributed by atoms with E-state index in [1.54, 1.807) is 25.3 Å². The smallest absolute Gasteiger partial charge is 0.160 e. The molecular weight excluding hydrogens is 321 g/mol. The van der Waals surface area contributed by atoms with Crippen LogP contribution < -0.4 is 4.74 Å². The lowest BCUT2D eigenvalue weighted by molar-refractivity contribution is -0.00396. The second kappa shape index (κ2) is 8.32. The van der Waals surface area contributed by atoms with Crippen molar-refractivity contribution in [1.29, 1.82) is 0 Å². The molecule has 1 aliphatic heterocycles. The number of hydrogen-bond donors (Lipinski definition) is 1. The van der Waals surface area contributed by atoms with E-state index in [2.05, 4.69) is 4.90 Å². The monoisotopic (exact) mass is 345 g/mol. The number of halogens is 1. The van der Waals surface area contributed by atoms with Crippen molar-refractivity contribution in [3.05, 3.63) is 59.4 Å². The minimum atomic E-state index is -0.220. The van der Waals surface area contributed by atoms with E-state index >= 15 is 0 Å². The Balaban J connectivity index is 1.44. The third-order valence-corrected chi connectivity index (χ3v) is 4.58. The van der Waals surface area contributed by atoms with Gasteiger partial charge in [0.25, 0.3) is 0 Å². The molecule has 4 nitrogen and oxygen atoms in total. The first kappa shape index (κ1) is 17.7. The fraction of sp³-hybridized carbons (Fsp3) is 0.400. The largest absolute Gasteiger partial charge is 0.504 e. The number of phenolic OH excluding ortho intramolecular Hbond substituents is 1. The van der Waals surface area contributed by atoms with E-state index in [0.29, 0.717) is 12.4 Å². The normalized spacial score (nSPS) is 16.1. The first-order valence-corrected chi connectivity index (χ1v) is 8.58. The van der Waals surface area contributed by atoms with Crippen molar-refractivity contribution in [3.8, 4) is 11.5 Å². The zero-order valence-corrected chi connectivity index (χ0v) is 14.5.